The molecule has 0 saturated carbocycles. The molecule has 7 nitrogen and oxygen atoms in total. The van der Waals surface area contributed by atoms with Crippen molar-refractivity contribution in [2.45, 2.75) is 59.2 Å². The van der Waals surface area contributed by atoms with Gasteiger partial charge in [-0.2, -0.15) is 5.10 Å². The number of ether oxygens (including phenoxy) is 2. The van der Waals surface area contributed by atoms with Gasteiger partial charge in [0.05, 0.1) is 32.9 Å². The molecule has 0 unspecified atom stereocenters. The predicted octanol–water partition coefficient (Wildman–Crippen LogP) is 4.63. The van der Waals surface area contributed by atoms with E-state index in [2.05, 4.69) is 16.9 Å². The minimum atomic E-state index is -0.429. The fourth-order valence-electron chi connectivity index (χ4n) is 3.86. The molecular weight excluding hydrogens is 459 g/mol. The van der Waals surface area contributed by atoms with E-state index in [1.807, 2.05) is 13.8 Å². The van der Waals surface area contributed by atoms with E-state index in [0.717, 1.165) is 52.1 Å². The lowest BCUT2D eigenvalue weighted by Crippen LogP contribution is -2.38. The van der Waals surface area contributed by atoms with Gasteiger partial charge in [-0.05, 0) is 32.4 Å². The van der Waals surface area contributed by atoms with E-state index in [1.165, 1.54) is 6.07 Å². The van der Waals surface area contributed by atoms with Crippen LogP contribution >= 0.6 is 11.6 Å². The molecule has 188 valence electrons. The number of hydrogen-bond donors (Lipinski definition) is 0. The second-order valence-corrected chi connectivity index (χ2v) is 9.23. The zero-order valence-electron chi connectivity index (χ0n) is 20.4. The van der Waals surface area contributed by atoms with E-state index in [1.54, 1.807) is 27.8 Å². The first-order valence-electron chi connectivity index (χ1n) is 12.1. The van der Waals surface area contributed by atoms with Gasteiger partial charge < -0.3 is 14.4 Å². The van der Waals surface area contributed by atoms with E-state index in [9.17, 15) is 9.18 Å². The summed E-state index contributed by atoms with van der Waals surface area (Å²) in [7, 11) is 0. The van der Waals surface area contributed by atoms with Gasteiger partial charge in [-0.3, -0.25) is 9.69 Å². The summed E-state index contributed by atoms with van der Waals surface area (Å²) < 4.78 is 27.6. The van der Waals surface area contributed by atoms with Gasteiger partial charge >= 0.3 is 0 Å². The summed E-state index contributed by atoms with van der Waals surface area (Å²) in [5.74, 6) is -0.125. The van der Waals surface area contributed by atoms with Gasteiger partial charge in [0, 0.05) is 42.3 Å². The summed E-state index contributed by atoms with van der Waals surface area (Å²) in [5, 5.41) is 4.90. The third-order valence-corrected chi connectivity index (χ3v) is 6.32. The van der Waals surface area contributed by atoms with Crippen LogP contribution in [0, 0.1) is 5.82 Å². The maximum Gasteiger partial charge on any atom is 0.275 e. The largest absolute Gasteiger partial charge is 0.478 e. The van der Waals surface area contributed by atoms with Crippen LogP contribution in [0.15, 0.2) is 24.3 Å². The van der Waals surface area contributed by atoms with Crippen molar-refractivity contribution in [3.8, 4) is 5.88 Å². The minimum Gasteiger partial charge on any atom is -0.478 e. The molecule has 1 aromatic heterocycles. The standard InChI is InChI=1S/C25H36ClFN4O3/c1-4-5-6-14-34-24-17-23(28-31(24)11-10-29-12-15-33-16-13-29)25(32)30(19(2)3)18-20-21(26)8-7-9-22(20)27/h7-9,17,19H,4-6,10-16,18H2,1-3H3. The van der Waals surface area contributed by atoms with Gasteiger partial charge in [0.25, 0.3) is 5.91 Å². The van der Waals surface area contributed by atoms with Crippen molar-refractivity contribution in [1.82, 2.24) is 19.6 Å². The number of unbranched alkanes of at least 4 members (excludes halogenated alkanes) is 2. The van der Waals surface area contributed by atoms with Gasteiger partial charge in [0.15, 0.2) is 5.69 Å². The summed E-state index contributed by atoms with van der Waals surface area (Å²) >= 11 is 6.22. The number of benzene rings is 1. The number of rotatable bonds is 12. The number of nitrogens with zero attached hydrogens (tertiary/aromatic N) is 4. The van der Waals surface area contributed by atoms with Crippen molar-refractivity contribution in [3.63, 3.8) is 0 Å². The molecule has 1 aliphatic heterocycles. The average Bonchev–Trinajstić information content (AvgIpc) is 3.23. The number of halogens is 2. The van der Waals surface area contributed by atoms with Crippen LogP contribution in [0.1, 0.15) is 56.1 Å². The summed E-state index contributed by atoms with van der Waals surface area (Å²) in [5.41, 5.74) is 0.586. The molecule has 1 fully saturated rings. The lowest BCUT2D eigenvalue weighted by Gasteiger charge is -2.27. The quantitative estimate of drug-likeness (QED) is 0.403. The third kappa shape index (κ3) is 7.17. The van der Waals surface area contributed by atoms with E-state index >= 15 is 0 Å². The number of carbonyl (C=O) groups is 1. The Bertz CT molecular complexity index is 911. The van der Waals surface area contributed by atoms with E-state index < -0.39 is 5.82 Å². The minimum absolute atomic E-state index is 0.0648. The number of carbonyl (C=O) groups excluding carboxylic acids is 1. The zero-order chi connectivity index (χ0) is 24.5. The molecule has 0 N–H and O–H groups in total. The fourth-order valence-corrected chi connectivity index (χ4v) is 4.08. The highest BCUT2D eigenvalue weighted by Crippen LogP contribution is 2.24. The number of aromatic nitrogens is 2. The number of amides is 1. The van der Waals surface area contributed by atoms with E-state index in [4.69, 9.17) is 21.1 Å². The van der Waals surface area contributed by atoms with Crippen LogP contribution < -0.4 is 4.74 Å². The normalized spacial score (nSPS) is 14.5. The molecule has 3 rings (SSSR count). The number of hydrogen-bond acceptors (Lipinski definition) is 5. The van der Waals surface area contributed by atoms with Crippen LogP contribution in [0.2, 0.25) is 5.02 Å². The SMILES string of the molecule is CCCCCOc1cc(C(=O)N(Cc2c(F)cccc2Cl)C(C)C)nn1CCN1CCOCC1. The molecule has 1 aromatic carbocycles. The first kappa shape index (κ1) is 26.4. The van der Waals surface area contributed by atoms with Crippen LogP contribution in [-0.2, 0) is 17.8 Å². The van der Waals surface area contributed by atoms with E-state index in [-0.39, 0.29) is 24.2 Å². The van der Waals surface area contributed by atoms with Crippen LogP contribution in [-0.4, -0.2) is 71.0 Å². The smallest absolute Gasteiger partial charge is 0.275 e. The molecule has 2 heterocycles. The lowest BCUT2D eigenvalue weighted by molar-refractivity contribution is 0.0356. The van der Waals surface area contributed by atoms with E-state index in [0.29, 0.717) is 29.6 Å². The predicted molar refractivity (Wildman–Crippen MR) is 131 cm³/mol. The molecule has 1 saturated heterocycles. The second kappa shape index (κ2) is 13.1. The zero-order valence-corrected chi connectivity index (χ0v) is 21.2. The first-order valence-corrected chi connectivity index (χ1v) is 12.5. The average molecular weight is 495 g/mol. The third-order valence-electron chi connectivity index (χ3n) is 5.97. The monoisotopic (exact) mass is 494 g/mol. The summed E-state index contributed by atoms with van der Waals surface area (Å²) in [6.45, 7) is 11.2. The summed E-state index contributed by atoms with van der Waals surface area (Å²) in [6.07, 6.45) is 3.13. The Kier molecular flexibility index (Phi) is 10.2. The highest BCUT2D eigenvalue weighted by molar-refractivity contribution is 6.31. The Morgan fingerprint density at radius 2 is 2.03 bits per heavy atom. The molecule has 0 aliphatic carbocycles. The molecule has 0 bridgehead atoms. The van der Waals surface area contributed by atoms with Crippen molar-refractivity contribution >= 4 is 17.5 Å². The highest BCUT2D eigenvalue weighted by atomic mass is 35.5. The molecule has 0 radical (unpaired) electrons. The molecule has 1 aliphatic rings. The van der Waals surface area contributed by atoms with Crippen molar-refractivity contribution in [1.29, 1.82) is 0 Å². The molecule has 1 amide bonds. The van der Waals surface area contributed by atoms with Crippen molar-refractivity contribution in [2.24, 2.45) is 0 Å². The molecule has 9 heteroatoms. The van der Waals surface area contributed by atoms with Gasteiger partial charge in [-0.15, -0.1) is 0 Å². The fraction of sp³-hybridized carbons (Fsp3) is 0.600. The molecular formula is C25H36ClFN4O3. The van der Waals surface area contributed by atoms with Crippen LogP contribution in [0.5, 0.6) is 5.88 Å². The Morgan fingerprint density at radius 1 is 1.26 bits per heavy atom. The topological polar surface area (TPSA) is 59.8 Å². The molecule has 34 heavy (non-hydrogen) atoms. The highest BCUT2D eigenvalue weighted by Gasteiger charge is 2.25. The Hall–Kier alpha value is -2.16. The van der Waals surface area contributed by atoms with Crippen molar-refractivity contribution in [2.75, 3.05) is 39.5 Å². The van der Waals surface area contributed by atoms with Crippen molar-refractivity contribution in [3.05, 3.63) is 46.4 Å². The summed E-state index contributed by atoms with van der Waals surface area (Å²) in [6, 6.07) is 6.07. The molecule has 2 aromatic rings. The van der Waals surface area contributed by atoms with Gasteiger partial charge in [-0.25, -0.2) is 9.07 Å². The van der Waals surface area contributed by atoms with Gasteiger partial charge in [0.1, 0.15) is 5.82 Å². The Morgan fingerprint density at radius 3 is 2.71 bits per heavy atom. The van der Waals surface area contributed by atoms with Crippen LogP contribution in [0.4, 0.5) is 4.39 Å². The number of morpholine rings is 1. The summed E-state index contributed by atoms with van der Waals surface area (Å²) in [4.78, 5) is 17.4. The van der Waals surface area contributed by atoms with Crippen molar-refractivity contribution < 1.29 is 18.7 Å². The second-order valence-electron chi connectivity index (χ2n) is 8.83. The molecule has 0 spiro atoms. The lowest BCUT2D eigenvalue weighted by atomic mass is 10.1. The van der Waals surface area contributed by atoms with Gasteiger partial charge in [0.2, 0.25) is 5.88 Å². The van der Waals surface area contributed by atoms with Gasteiger partial charge in [-0.1, -0.05) is 37.4 Å². The Balaban J connectivity index is 1.78. The van der Waals surface area contributed by atoms with Crippen LogP contribution in [0.3, 0.4) is 0 Å². The van der Waals surface area contributed by atoms with Crippen LogP contribution in [0.25, 0.3) is 0 Å². The first-order chi connectivity index (χ1) is 16.4. The Labute approximate surface area is 206 Å². The maximum absolute atomic E-state index is 14.4. The molecule has 0 atom stereocenters. The maximum atomic E-state index is 14.4.